The largest absolute Gasteiger partial charge is 0.396 e. The number of hydrogen-bond donors (Lipinski definition) is 2. The summed E-state index contributed by atoms with van der Waals surface area (Å²) in [6.45, 7) is 3.59. The summed E-state index contributed by atoms with van der Waals surface area (Å²) in [7, 11) is 0. The van der Waals surface area contributed by atoms with Crippen LogP contribution in [0, 0.1) is 0 Å². The van der Waals surface area contributed by atoms with Crippen molar-refractivity contribution in [1.82, 2.24) is 10.2 Å². The highest BCUT2D eigenvalue weighted by molar-refractivity contribution is 5.82. The van der Waals surface area contributed by atoms with Gasteiger partial charge in [0.25, 0.3) is 0 Å². The molecule has 0 aliphatic carbocycles. The van der Waals surface area contributed by atoms with Crippen molar-refractivity contribution in [2.24, 2.45) is 0 Å². The third-order valence-corrected chi connectivity index (χ3v) is 3.68. The lowest BCUT2D eigenvalue weighted by Crippen LogP contribution is -2.45. The van der Waals surface area contributed by atoms with Gasteiger partial charge in [-0.15, -0.1) is 0 Å². The Balaban J connectivity index is 2.12. The maximum Gasteiger partial charge on any atom is 0.240 e. The second-order valence-corrected chi connectivity index (χ2v) is 5.11. The summed E-state index contributed by atoms with van der Waals surface area (Å²) in [4.78, 5) is 14.4. The summed E-state index contributed by atoms with van der Waals surface area (Å²) in [5, 5.41) is 12.3. The number of hydrogen-bond acceptors (Lipinski definition) is 3. The number of carbonyl (C=O) groups excluding carboxylic acids is 1. The van der Waals surface area contributed by atoms with Crippen LogP contribution < -0.4 is 5.32 Å². The van der Waals surface area contributed by atoms with Gasteiger partial charge in [0.2, 0.25) is 5.91 Å². The van der Waals surface area contributed by atoms with E-state index in [9.17, 15) is 4.79 Å². The minimum Gasteiger partial charge on any atom is -0.396 e. The molecule has 1 aliphatic rings. The van der Waals surface area contributed by atoms with Crippen LogP contribution in [0.25, 0.3) is 0 Å². The average Bonchev–Trinajstić information content (AvgIpc) is 2.55. The molecule has 2 rings (SSSR count). The molecule has 1 heterocycles. The number of rotatable bonds is 4. The van der Waals surface area contributed by atoms with E-state index in [4.69, 9.17) is 5.11 Å². The Labute approximate surface area is 114 Å². The summed E-state index contributed by atoms with van der Waals surface area (Å²) >= 11 is 0. The Kier molecular flexibility index (Phi) is 4.93. The second kappa shape index (κ2) is 6.68. The fourth-order valence-electron chi connectivity index (χ4n) is 2.50. The van der Waals surface area contributed by atoms with Crippen molar-refractivity contribution in [1.29, 1.82) is 0 Å². The van der Waals surface area contributed by atoms with Crippen LogP contribution >= 0.6 is 0 Å². The van der Waals surface area contributed by atoms with E-state index in [0.29, 0.717) is 13.0 Å². The van der Waals surface area contributed by atoms with Crippen LogP contribution in [-0.2, 0) is 11.3 Å². The lowest BCUT2D eigenvalue weighted by atomic mass is 10.1. The monoisotopic (exact) mass is 262 g/mol. The molecule has 1 fully saturated rings. The summed E-state index contributed by atoms with van der Waals surface area (Å²) in [6, 6.07) is 10.0. The summed E-state index contributed by atoms with van der Waals surface area (Å²) < 4.78 is 0. The van der Waals surface area contributed by atoms with Gasteiger partial charge in [-0.1, -0.05) is 30.3 Å². The van der Waals surface area contributed by atoms with Gasteiger partial charge in [-0.05, 0) is 31.9 Å². The normalized spacial score (nSPS) is 24.3. The molecule has 2 N–H and O–H groups in total. The molecular weight excluding hydrogens is 240 g/mol. The molecule has 0 aromatic heterocycles. The van der Waals surface area contributed by atoms with Gasteiger partial charge in [0.15, 0.2) is 0 Å². The number of amides is 1. The van der Waals surface area contributed by atoms with Gasteiger partial charge in [0.1, 0.15) is 0 Å². The number of aliphatic hydroxyl groups is 1. The Morgan fingerprint density at radius 3 is 2.79 bits per heavy atom. The molecule has 1 aromatic carbocycles. The Bertz CT molecular complexity index is 408. The van der Waals surface area contributed by atoms with Crippen molar-refractivity contribution in [3.63, 3.8) is 0 Å². The van der Waals surface area contributed by atoms with E-state index in [-0.39, 0.29) is 24.6 Å². The fourth-order valence-corrected chi connectivity index (χ4v) is 2.50. The zero-order valence-corrected chi connectivity index (χ0v) is 11.4. The molecule has 0 spiro atoms. The molecule has 2 atom stereocenters. The van der Waals surface area contributed by atoms with Crippen LogP contribution in [0.3, 0.4) is 0 Å². The summed E-state index contributed by atoms with van der Waals surface area (Å²) in [6.07, 6.45) is 1.43. The van der Waals surface area contributed by atoms with E-state index >= 15 is 0 Å². The molecule has 104 valence electrons. The molecule has 19 heavy (non-hydrogen) atoms. The second-order valence-electron chi connectivity index (χ2n) is 5.11. The standard InChI is InChI=1S/C15H22N2O2/c1-12-7-9-16-14(8-10-18)15(19)17(12)11-13-5-3-2-4-6-13/h2-6,12,14,16,18H,7-11H2,1H3. The first kappa shape index (κ1) is 14.0. The highest BCUT2D eigenvalue weighted by Crippen LogP contribution is 2.16. The highest BCUT2D eigenvalue weighted by Gasteiger charge is 2.30. The van der Waals surface area contributed by atoms with Crippen LogP contribution in [0.15, 0.2) is 30.3 Å². The van der Waals surface area contributed by atoms with Gasteiger partial charge < -0.3 is 15.3 Å². The predicted octanol–water partition coefficient (Wildman–Crippen LogP) is 1.15. The first-order valence-corrected chi connectivity index (χ1v) is 6.91. The van der Waals surface area contributed by atoms with Gasteiger partial charge in [-0.2, -0.15) is 0 Å². The lowest BCUT2D eigenvalue weighted by Gasteiger charge is -2.29. The molecule has 1 aromatic rings. The van der Waals surface area contributed by atoms with Crippen LogP contribution in [0.4, 0.5) is 0 Å². The molecule has 1 aliphatic heterocycles. The summed E-state index contributed by atoms with van der Waals surface area (Å²) in [5.74, 6) is 0.0999. The number of nitrogens with zero attached hydrogens (tertiary/aromatic N) is 1. The van der Waals surface area contributed by atoms with E-state index in [0.717, 1.165) is 18.5 Å². The zero-order chi connectivity index (χ0) is 13.7. The van der Waals surface area contributed by atoms with Crippen LogP contribution in [0.2, 0.25) is 0 Å². The average molecular weight is 262 g/mol. The van der Waals surface area contributed by atoms with Gasteiger partial charge in [0, 0.05) is 19.2 Å². The van der Waals surface area contributed by atoms with Crippen LogP contribution in [0.1, 0.15) is 25.3 Å². The number of benzene rings is 1. The third-order valence-electron chi connectivity index (χ3n) is 3.68. The molecule has 0 saturated carbocycles. The summed E-state index contributed by atoms with van der Waals surface area (Å²) in [5.41, 5.74) is 1.15. The van der Waals surface area contributed by atoms with E-state index in [1.54, 1.807) is 0 Å². The lowest BCUT2D eigenvalue weighted by molar-refractivity contribution is -0.135. The van der Waals surface area contributed by atoms with E-state index < -0.39 is 0 Å². The number of carbonyl (C=O) groups is 1. The van der Waals surface area contributed by atoms with E-state index in [1.165, 1.54) is 0 Å². The molecule has 1 saturated heterocycles. The molecule has 0 radical (unpaired) electrons. The first-order chi connectivity index (χ1) is 9.22. The maximum atomic E-state index is 12.5. The zero-order valence-electron chi connectivity index (χ0n) is 11.4. The van der Waals surface area contributed by atoms with Crippen LogP contribution in [0.5, 0.6) is 0 Å². The minimum absolute atomic E-state index is 0.0387. The van der Waals surface area contributed by atoms with Gasteiger partial charge >= 0.3 is 0 Å². The fraction of sp³-hybridized carbons (Fsp3) is 0.533. The van der Waals surface area contributed by atoms with E-state index in [2.05, 4.69) is 12.2 Å². The molecule has 4 heteroatoms. The van der Waals surface area contributed by atoms with Crippen LogP contribution in [-0.4, -0.2) is 41.1 Å². The molecular formula is C15H22N2O2. The quantitative estimate of drug-likeness (QED) is 0.856. The van der Waals surface area contributed by atoms with E-state index in [1.807, 2.05) is 35.2 Å². The van der Waals surface area contributed by atoms with Crippen molar-refractivity contribution in [3.8, 4) is 0 Å². The molecule has 2 unspecified atom stereocenters. The number of nitrogens with one attached hydrogen (secondary N) is 1. The molecule has 4 nitrogen and oxygen atoms in total. The molecule has 1 amide bonds. The highest BCUT2D eigenvalue weighted by atomic mass is 16.3. The maximum absolute atomic E-state index is 12.5. The minimum atomic E-state index is -0.251. The van der Waals surface area contributed by atoms with Crippen molar-refractivity contribution in [2.45, 2.75) is 38.4 Å². The van der Waals surface area contributed by atoms with Gasteiger partial charge in [-0.25, -0.2) is 0 Å². The van der Waals surface area contributed by atoms with Gasteiger partial charge in [-0.3, -0.25) is 4.79 Å². The Hall–Kier alpha value is -1.39. The van der Waals surface area contributed by atoms with Crippen molar-refractivity contribution < 1.29 is 9.90 Å². The smallest absolute Gasteiger partial charge is 0.240 e. The Morgan fingerprint density at radius 1 is 1.37 bits per heavy atom. The van der Waals surface area contributed by atoms with Gasteiger partial charge in [0.05, 0.1) is 6.04 Å². The van der Waals surface area contributed by atoms with Crippen molar-refractivity contribution in [2.75, 3.05) is 13.2 Å². The Morgan fingerprint density at radius 2 is 2.11 bits per heavy atom. The van der Waals surface area contributed by atoms with Crippen molar-refractivity contribution >= 4 is 5.91 Å². The van der Waals surface area contributed by atoms with Crippen molar-refractivity contribution in [3.05, 3.63) is 35.9 Å². The SMILES string of the molecule is CC1CCNC(CCO)C(=O)N1Cc1ccccc1. The number of aliphatic hydroxyl groups excluding tert-OH is 1. The first-order valence-electron chi connectivity index (χ1n) is 6.91. The third kappa shape index (κ3) is 3.55. The predicted molar refractivity (Wildman–Crippen MR) is 74.6 cm³/mol. The molecule has 0 bridgehead atoms. The topological polar surface area (TPSA) is 52.6 Å².